The van der Waals surface area contributed by atoms with Gasteiger partial charge < -0.3 is 0 Å². The summed E-state index contributed by atoms with van der Waals surface area (Å²) in [6, 6.07) is 0. The molecule has 0 nitrogen and oxygen atoms in total. The number of alkyl halides is 3. The van der Waals surface area contributed by atoms with Gasteiger partial charge in [0.2, 0.25) is 0 Å². The van der Waals surface area contributed by atoms with Gasteiger partial charge in [-0.3, -0.25) is 0 Å². The fourth-order valence-electron chi connectivity index (χ4n) is 0. The van der Waals surface area contributed by atoms with Gasteiger partial charge in [0.25, 0.3) is 0 Å². The molecule has 0 N–H and O–H groups in total. The first-order valence-corrected chi connectivity index (χ1v) is 4.81. The Morgan fingerprint density at radius 2 is 1.00 bits per heavy atom. The van der Waals surface area contributed by atoms with Crippen molar-refractivity contribution >= 4 is 14.7 Å². The van der Waals surface area contributed by atoms with Crippen LogP contribution in [0.25, 0.3) is 0 Å². The van der Waals surface area contributed by atoms with Crippen molar-refractivity contribution in [3.63, 3.8) is 0 Å². The van der Waals surface area contributed by atoms with Gasteiger partial charge in [0, 0.05) is 0 Å². The summed E-state index contributed by atoms with van der Waals surface area (Å²) in [4.78, 5) is 0. The summed E-state index contributed by atoms with van der Waals surface area (Å²) in [6.07, 6.45) is 0. The molecule has 0 aliphatic heterocycles. The van der Waals surface area contributed by atoms with Crippen molar-refractivity contribution in [2.45, 2.75) is 5.01 Å². The molecule has 0 heterocycles. The summed E-state index contributed by atoms with van der Waals surface area (Å²) < 4.78 is 63.4. The first kappa shape index (κ1) is 8.12. The molecule has 0 saturated carbocycles. The van der Waals surface area contributed by atoms with Crippen LogP contribution in [0.15, 0.2) is 0 Å². The number of halogens is 6. The van der Waals surface area contributed by atoms with Crippen LogP contribution in [0.2, 0.25) is 0 Å². The number of hydrogen-bond acceptors (Lipinski definition) is 0. The van der Waals surface area contributed by atoms with Crippen LogP contribution in [-0.4, -0.2) is 19.7 Å². The minimum atomic E-state index is -7.81. The topological polar surface area (TPSA) is 0 Å². The molecule has 0 aliphatic carbocycles. The normalized spacial score (nSPS) is 14.2. The van der Waals surface area contributed by atoms with Crippen molar-refractivity contribution in [1.82, 2.24) is 0 Å². The molecule has 8 heavy (non-hydrogen) atoms. The average Bonchev–Trinajstić information content (AvgIpc) is 1.25. The molecule has 0 radical (unpaired) electrons. The van der Waals surface area contributed by atoms with Gasteiger partial charge in [0.05, 0.1) is 0 Å². The maximum absolute atomic E-state index is 10.6. The summed E-state index contributed by atoms with van der Waals surface area (Å²) in [5.74, 6) is 0. The van der Waals surface area contributed by atoms with Crippen LogP contribution in [0.3, 0.4) is 0 Å². The zero-order valence-corrected chi connectivity index (χ0v) is 5.37. The second kappa shape index (κ2) is 1.82. The van der Waals surface area contributed by atoms with Crippen LogP contribution in [0, 0.1) is 0 Å². The molecule has 0 fully saturated rings. The molecule has 0 aliphatic rings. The summed E-state index contributed by atoms with van der Waals surface area (Å²) in [5, 5.41) is -5.88. The van der Waals surface area contributed by atoms with Gasteiger partial charge in [-0.05, 0) is 0 Å². The van der Waals surface area contributed by atoms with E-state index in [-0.39, 0.29) is 0 Å². The third-order valence-corrected chi connectivity index (χ3v) is 1.67. The van der Waals surface area contributed by atoms with Gasteiger partial charge in [-0.2, -0.15) is 0 Å². The molecule has 7 heteroatoms. The Balaban J connectivity index is 4.02. The van der Waals surface area contributed by atoms with Gasteiger partial charge in [-0.15, -0.1) is 0 Å². The number of hydrogen-bond donors (Lipinski definition) is 0. The van der Waals surface area contributed by atoms with Crippen molar-refractivity contribution in [3.8, 4) is 0 Å². The second-order valence-electron chi connectivity index (χ2n) is 0.996. The van der Waals surface area contributed by atoms with E-state index in [0.717, 1.165) is 0 Å². The standard InChI is InChI=1S/CF6Ge/c2-1(3,4)8(5,6)7. The molecule has 0 unspecified atom stereocenters. The van der Waals surface area contributed by atoms with Crippen molar-refractivity contribution in [3.05, 3.63) is 0 Å². The van der Waals surface area contributed by atoms with E-state index in [1.807, 2.05) is 0 Å². The summed E-state index contributed by atoms with van der Waals surface area (Å²) >= 11 is -7.81. The second-order valence-corrected chi connectivity index (χ2v) is 4.27. The molecule has 0 rings (SSSR count). The summed E-state index contributed by atoms with van der Waals surface area (Å²) in [6.45, 7) is 0. The van der Waals surface area contributed by atoms with E-state index in [0.29, 0.717) is 0 Å². The summed E-state index contributed by atoms with van der Waals surface area (Å²) in [5.41, 5.74) is 0. The first-order valence-electron chi connectivity index (χ1n) is 1.38. The Kier molecular flexibility index (Phi) is 1.84. The Morgan fingerprint density at radius 3 is 1.00 bits per heavy atom. The van der Waals surface area contributed by atoms with E-state index in [1.54, 1.807) is 0 Å². The van der Waals surface area contributed by atoms with Crippen LogP contribution in [0.4, 0.5) is 23.7 Å². The Morgan fingerprint density at radius 1 is 0.875 bits per heavy atom. The predicted molar refractivity (Wildman–Crippen MR) is 15.1 cm³/mol. The van der Waals surface area contributed by atoms with Crippen LogP contribution in [-0.2, 0) is 0 Å². The summed E-state index contributed by atoms with van der Waals surface area (Å²) in [7, 11) is 0. The Bertz CT molecular complexity index is 63.5. The van der Waals surface area contributed by atoms with E-state index in [2.05, 4.69) is 0 Å². The van der Waals surface area contributed by atoms with Crippen LogP contribution >= 0.6 is 0 Å². The zero-order chi connectivity index (χ0) is 7.00. The molecular weight excluding hydrogens is 199 g/mol. The van der Waals surface area contributed by atoms with Crippen molar-refractivity contribution in [1.29, 1.82) is 0 Å². The van der Waals surface area contributed by atoms with Crippen LogP contribution in [0.5, 0.6) is 0 Å². The molecular formula is CF6Ge. The minimum absolute atomic E-state index is 5.88. The van der Waals surface area contributed by atoms with E-state index in [9.17, 15) is 23.7 Å². The average molecular weight is 199 g/mol. The maximum atomic E-state index is 10.6. The fraction of sp³-hybridized carbons (Fsp3) is 1.00. The monoisotopic (exact) mass is 200 g/mol. The molecule has 0 saturated heterocycles. The van der Waals surface area contributed by atoms with Crippen molar-refractivity contribution < 1.29 is 23.7 Å². The molecule has 0 aromatic heterocycles. The SMILES string of the molecule is F[C](F)(F)[Ge]([F])([F])[F]. The third-order valence-electron chi connectivity index (χ3n) is 0.321. The molecule has 0 aromatic rings. The van der Waals surface area contributed by atoms with Gasteiger partial charge >= 0.3 is 43.3 Å². The molecule has 50 valence electrons. The van der Waals surface area contributed by atoms with E-state index in [4.69, 9.17) is 0 Å². The van der Waals surface area contributed by atoms with Gasteiger partial charge in [0.1, 0.15) is 0 Å². The number of rotatable bonds is 0. The van der Waals surface area contributed by atoms with Gasteiger partial charge in [-0.25, -0.2) is 0 Å². The molecule has 0 bridgehead atoms. The van der Waals surface area contributed by atoms with E-state index in [1.165, 1.54) is 0 Å². The van der Waals surface area contributed by atoms with Crippen molar-refractivity contribution in [2.75, 3.05) is 0 Å². The molecule has 0 spiro atoms. The molecule has 0 atom stereocenters. The van der Waals surface area contributed by atoms with Gasteiger partial charge in [0.15, 0.2) is 0 Å². The third kappa shape index (κ3) is 1.93. The Hall–Kier alpha value is 0.123. The van der Waals surface area contributed by atoms with Gasteiger partial charge in [-0.1, -0.05) is 0 Å². The predicted octanol–water partition coefficient (Wildman–Crippen LogP) is 1.94. The van der Waals surface area contributed by atoms with Crippen LogP contribution in [0.1, 0.15) is 0 Å². The fourth-order valence-corrected chi connectivity index (χ4v) is 0. The quantitative estimate of drug-likeness (QED) is 0.412. The first-order chi connectivity index (χ1) is 3.25. The van der Waals surface area contributed by atoms with Crippen molar-refractivity contribution in [2.24, 2.45) is 0 Å². The molecule has 0 aromatic carbocycles. The van der Waals surface area contributed by atoms with Crippen LogP contribution < -0.4 is 0 Å². The van der Waals surface area contributed by atoms with E-state index < -0.39 is 19.7 Å². The Labute approximate surface area is 44.3 Å². The molecule has 0 amide bonds. The zero-order valence-electron chi connectivity index (χ0n) is 3.27. The van der Waals surface area contributed by atoms with E-state index >= 15 is 0 Å².